The predicted molar refractivity (Wildman–Crippen MR) is 83.7 cm³/mol. The molecular formula is C14H25N5O2S. The molecule has 0 radical (unpaired) electrons. The zero-order valence-corrected chi connectivity index (χ0v) is 14.0. The summed E-state index contributed by atoms with van der Waals surface area (Å²) in [6, 6.07) is 0.275. The van der Waals surface area contributed by atoms with Gasteiger partial charge in [0, 0.05) is 44.3 Å². The van der Waals surface area contributed by atoms with Gasteiger partial charge in [-0.1, -0.05) is 6.42 Å². The Hall–Kier alpha value is -0.960. The third kappa shape index (κ3) is 2.80. The number of aryl methyl sites for hydroxylation is 1. The minimum absolute atomic E-state index is 0.107. The van der Waals surface area contributed by atoms with Crippen LogP contribution in [0.4, 0.5) is 0 Å². The molecule has 1 aromatic heterocycles. The van der Waals surface area contributed by atoms with Gasteiger partial charge < -0.3 is 15.2 Å². The van der Waals surface area contributed by atoms with Crippen molar-refractivity contribution < 1.29 is 8.42 Å². The van der Waals surface area contributed by atoms with E-state index in [1.165, 1.54) is 23.5 Å². The molecule has 3 rings (SSSR count). The summed E-state index contributed by atoms with van der Waals surface area (Å²) in [5, 5.41) is 0.111. The van der Waals surface area contributed by atoms with E-state index in [0.717, 1.165) is 13.0 Å². The summed E-state index contributed by atoms with van der Waals surface area (Å²) < 4.78 is 28.5. The van der Waals surface area contributed by atoms with Crippen LogP contribution in [0.2, 0.25) is 0 Å². The van der Waals surface area contributed by atoms with Gasteiger partial charge in [-0.05, 0) is 26.4 Å². The molecule has 2 fully saturated rings. The number of hydrogen-bond acceptors (Lipinski definition) is 5. The van der Waals surface area contributed by atoms with E-state index in [4.69, 9.17) is 5.73 Å². The summed E-state index contributed by atoms with van der Waals surface area (Å²) in [6.07, 6.45) is 6.57. The molecule has 0 unspecified atom stereocenters. The van der Waals surface area contributed by atoms with Gasteiger partial charge in [-0.15, -0.1) is 0 Å². The van der Waals surface area contributed by atoms with Crippen molar-refractivity contribution in [3.63, 3.8) is 0 Å². The summed E-state index contributed by atoms with van der Waals surface area (Å²) >= 11 is 0. The fraction of sp³-hybridized carbons (Fsp3) is 0.786. The van der Waals surface area contributed by atoms with Gasteiger partial charge in [-0.25, -0.2) is 13.4 Å². The van der Waals surface area contributed by atoms with Crippen LogP contribution in [0.3, 0.4) is 0 Å². The maximum absolute atomic E-state index is 12.7. The van der Waals surface area contributed by atoms with Gasteiger partial charge in [-0.2, -0.15) is 4.31 Å². The average molecular weight is 327 g/mol. The van der Waals surface area contributed by atoms with Crippen molar-refractivity contribution in [2.75, 3.05) is 26.7 Å². The molecule has 2 saturated heterocycles. The minimum Gasteiger partial charge on any atom is -0.339 e. The molecule has 0 saturated carbocycles. The van der Waals surface area contributed by atoms with Gasteiger partial charge in [0.25, 0.3) is 10.0 Å². The van der Waals surface area contributed by atoms with Crippen molar-refractivity contribution in [2.45, 2.75) is 36.4 Å². The number of rotatable bonds is 3. The second-order valence-electron chi connectivity index (χ2n) is 6.57. The molecule has 2 aliphatic rings. The van der Waals surface area contributed by atoms with Crippen molar-refractivity contribution in [3.8, 4) is 0 Å². The molecule has 0 bridgehead atoms. The maximum atomic E-state index is 12.7. The topological polar surface area (TPSA) is 84.5 Å². The predicted octanol–water partition coefficient (Wildman–Crippen LogP) is -0.148. The maximum Gasteiger partial charge on any atom is 0.262 e. The molecule has 0 aliphatic carbocycles. The third-order valence-electron chi connectivity index (χ3n) is 4.99. The van der Waals surface area contributed by atoms with Gasteiger partial charge >= 0.3 is 0 Å². The highest BCUT2D eigenvalue weighted by Gasteiger charge is 2.43. The van der Waals surface area contributed by atoms with Crippen LogP contribution in [0, 0.1) is 5.92 Å². The highest BCUT2D eigenvalue weighted by Crippen LogP contribution is 2.31. The lowest BCUT2D eigenvalue weighted by atomic mass is 9.88. The van der Waals surface area contributed by atoms with Crippen molar-refractivity contribution in [3.05, 3.63) is 12.5 Å². The summed E-state index contributed by atoms with van der Waals surface area (Å²) in [5.74, 6) is 0.198. The van der Waals surface area contributed by atoms with Crippen molar-refractivity contribution >= 4 is 10.0 Å². The van der Waals surface area contributed by atoms with Crippen LogP contribution in [0.15, 0.2) is 17.6 Å². The van der Waals surface area contributed by atoms with Crippen LogP contribution < -0.4 is 5.73 Å². The molecule has 8 heteroatoms. The van der Waals surface area contributed by atoms with Gasteiger partial charge in [0.15, 0.2) is 5.03 Å². The quantitative estimate of drug-likeness (QED) is 0.835. The first-order chi connectivity index (χ1) is 10.4. The highest BCUT2D eigenvalue weighted by atomic mass is 32.2. The van der Waals surface area contributed by atoms with E-state index in [-0.39, 0.29) is 17.0 Å². The lowest BCUT2D eigenvalue weighted by Gasteiger charge is -2.37. The zero-order chi connectivity index (χ0) is 15.9. The van der Waals surface area contributed by atoms with Gasteiger partial charge in [0.2, 0.25) is 0 Å². The minimum atomic E-state index is -3.54. The number of nitrogens with two attached hydrogens (primary N) is 1. The molecule has 0 spiro atoms. The monoisotopic (exact) mass is 327 g/mol. The van der Waals surface area contributed by atoms with E-state index in [2.05, 4.69) is 16.9 Å². The number of hydrogen-bond donors (Lipinski definition) is 1. The smallest absolute Gasteiger partial charge is 0.262 e. The molecule has 1 aromatic rings. The number of imidazole rings is 1. The third-order valence-corrected chi connectivity index (χ3v) is 6.70. The molecule has 7 nitrogen and oxygen atoms in total. The molecule has 2 N–H and O–H groups in total. The van der Waals surface area contributed by atoms with E-state index >= 15 is 0 Å². The molecule has 3 heterocycles. The number of likely N-dealkylation sites (tertiary alicyclic amines) is 1. The van der Waals surface area contributed by atoms with E-state index in [0.29, 0.717) is 19.1 Å². The van der Waals surface area contributed by atoms with Gasteiger partial charge in [0.1, 0.15) is 0 Å². The Morgan fingerprint density at radius 3 is 2.68 bits per heavy atom. The van der Waals surface area contributed by atoms with E-state index in [9.17, 15) is 8.42 Å². The van der Waals surface area contributed by atoms with Gasteiger partial charge in [-0.3, -0.25) is 0 Å². The first-order valence-corrected chi connectivity index (χ1v) is 9.27. The van der Waals surface area contributed by atoms with Gasteiger partial charge in [0.05, 0.1) is 6.33 Å². The molecule has 3 atom stereocenters. The number of sulfonamides is 1. The molecule has 0 aromatic carbocycles. The Balaban J connectivity index is 1.78. The van der Waals surface area contributed by atoms with E-state index in [1.807, 2.05) is 0 Å². The molecule has 0 amide bonds. The molecule has 2 aliphatic heterocycles. The number of piperidine rings is 1. The Kier molecular flexibility index (Phi) is 4.28. The Bertz CT molecular complexity index is 629. The molecule has 124 valence electrons. The number of aromatic nitrogens is 2. The van der Waals surface area contributed by atoms with Crippen LogP contribution in [-0.2, 0) is 17.1 Å². The lowest BCUT2D eigenvalue weighted by Crippen LogP contribution is -2.47. The van der Waals surface area contributed by atoms with Crippen LogP contribution in [0.1, 0.15) is 19.3 Å². The van der Waals surface area contributed by atoms with E-state index in [1.54, 1.807) is 17.8 Å². The van der Waals surface area contributed by atoms with Crippen molar-refractivity contribution in [1.82, 2.24) is 18.8 Å². The summed E-state index contributed by atoms with van der Waals surface area (Å²) in [4.78, 5) is 6.33. The second-order valence-corrected chi connectivity index (χ2v) is 8.46. The van der Waals surface area contributed by atoms with E-state index < -0.39 is 10.0 Å². The van der Waals surface area contributed by atoms with Crippen LogP contribution in [0.25, 0.3) is 0 Å². The first kappa shape index (κ1) is 15.9. The Morgan fingerprint density at radius 1 is 1.27 bits per heavy atom. The summed E-state index contributed by atoms with van der Waals surface area (Å²) in [6.45, 7) is 1.95. The fourth-order valence-electron chi connectivity index (χ4n) is 3.72. The van der Waals surface area contributed by atoms with Crippen LogP contribution in [0.5, 0.6) is 0 Å². The summed E-state index contributed by atoms with van der Waals surface area (Å²) in [5.41, 5.74) is 6.28. The molecular weight excluding hydrogens is 302 g/mol. The second kappa shape index (κ2) is 5.92. The van der Waals surface area contributed by atoms with Crippen LogP contribution >= 0.6 is 0 Å². The standard InChI is InChI=1S/C14H25N5O2S/c1-17-9-14(16-10-17)22(20,21)19-7-11(12(15)8-19)13-5-3-4-6-18(13)2/h9-13H,3-8,15H2,1-2H3/t11-,12-,13-/m1/s1. The Morgan fingerprint density at radius 2 is 2.05 bits per heavy atom. The zero-order valence-electron chi connectivity index (χ0n) is 13.2. The first-order valence-electron chi connectivity index (χ1n) is 7.83. The van der Waals surface area contributed by atoms with Crippen LogP contribution in [-0.4, -0.2) is 65.9 Å². The SMILES string of the molecule is CN1CCCC[C@@H]1[C@@H]1CN(S(=O)(=O)c2cn(C)cn2)C[C@H]1N. The summed E-state index contributed by atoms with van der Waals surface area (Å²) in [7, 11) is 0.346. The normalized spacial score (nSPS) is 31.7. The van der Waals surface area contributed by atoms with Crippen molar-refractivity contribution in [1.29, 1.82) is 0 Å². The average Bonchev–Trinajstić information content (AvgIpc) is 3.06. The largest absolute Gasteiger partial charge is 0.339 e. The van der Waals surface area contributed by atoms with Crippen molar-refractivity contribution in [2.24, 2.45) is 18.7 Å². The molecule has 22 heavy (non-hydrogen) atoms. The lowest BCUT2D eigenvalue weighted by molar-refractivity contribution is 0.127. The fourth-order valence-corrected chi connectivity index (χ4v) is 5.20. The highest BCUT2D eigenvalue weighted by molar-refractivity contribution is 7.89. The number of nitrogens with zero attached hydrogens (tertiary/aromatic N) is 4. The Labute approximate surface area is 132 Å².